The molecule has 2 rings (SSSR count). The maximum atomic E-state index is 12.2. The Labute approximate surface area is 134 Å². The van der Waals surface area contributed by atoms with Crippen LogP contribution in [-0.2, 0) is 0 Å². The van der Waals surface area contributed by atoms with Gasteiger partial charge in [0.2, 0.25) is 0 Å². The van der Waals surface area contributed by atoms with Crippen molar-refractivity contribution in [1.29, 1.82) is 5.26 Å². The van der Waals surface area contributed by atoms with Crippen molar-refractivity contribution in [2.24, 2.45) is 0 Å². The molecule has 2 aromatic rings. The number of carbonyl (C=O) groups is 1. The van der Waals surface area contributed by atoms with Crippen LogP contribution < -0.4 is 4.74 Å². The van der Waals surface area contributed by atoms with Gasteiger partial charge in [-0.05, 0) is 36.4 Å². The molecule has 22 heavy (non-hydrogen) atoms. The second-order valence-electron chi connectivity index (χ2n) is 4.69. The molecule has 5 heteroatoms. The SMILES string of the molecule is CN(CCOc1ccccc1Cl)C(=O)c1ccc(C#N)cc1. The molecule has 0 saturated heterocycles. The summed E-state index contributed by atoms with van der Waals surface area (Å²) in [5, 5.41) is 9.30. The van der Waals surface area contributed by atoms with Gasteiger partial charge in [0, 0.05) is 12.6 Å². The van der Waals surface area contributed by atoms with Crippen molar-refractivity contribution < 1.29 is 9.53 Å². The first kappa shape index (κ1) is 15.9. The summed E-state index contributed by atoms with van der Waals surface area (Å²) < 4.78 is 5.56. The molecule has 0 fully saturated rings. The molecular weight excluding hydrogens is 300 g/mol. The van der Waals surface area contributed by atoms with E-state index in [2.05, 4.69) is 0 Å². The summed E-state index contributed by atoms with van der Waals surface area (Å²) in [5.41, 5.74) is 1.07. The second-order valence-corrected chi connectivity index (χ2v) is 5.10. The van der Waals surface area contributed by atoms with Crippen LogP contribution in [0, 0.1) is 11.3 Å². The lowest BCUT2D eigenvalue weighted by Gasteiger charge is -2.18. The normalized spacial score (nSPS) is 9.86. The van der Waals surface area contributed by atoms with Crippen LogP contribution >= 0.6 is 11.6 Å². The average molecular weight is 315 g/mol. The van der Waals surface area contributed by atoms with Gasteiger partial charge in [-0.25, -0.2) is 0 Å². The lowest BCUT2D eigenvalue weighted by Crippen LogP contribution is -2.30. The van der Waals surface area contributed by atoms with E-state index in [1.165, 1.54) is 0 Å². The zero-order chi connectivity index (χ0) is 15.9. The van der Waals surface area contributed by atoms with E-state index in [4.69, 9.17) is 21.6 Å². The number of nitrogens with zero attached hydrogens (tertiary/aromatic N) is 2. The Morgan fingerprint density at radius 1 is 1.23 bits per heavy atom. The molecule has 0 unspecified atom stereocenters. The highest BCUT2D eigenvalue weighted by Gasteiger charge is 2.11. The number of hydrogen-bond donors (Lipinski definition) is 0. The Bertz CT molecular complexity index is 693. The van der Waals surface area contributed by atoms with Crippen LogP contribution in [0.1, 0.15) is 15.9 Å². The molecule has 4 nitrogen and oxygen atoms in total. The zero-order valence-corrected chi connectivity index (χ0v) is 12.9. The monoisotopic (exact) mass is 314 g/mol. The fraction of sp³-hybridized carbons (Fsp3) is 0.176. The molecule has 1 amide bonds. The molecular formula is C17H15ClN2O2. The topological polar surface area (TPSA) is 53.3 Å². The first-order chi connectivity index (χ1) is 10.6. The molecule has 0 spiro atoms. The van der Waals surface area contributed by atoms with E-state index < -0.39 is 0 Å². The molecule has 0 aliphatic rings. The van der Waals surface area contributed by atoms with Crippen LogP contribution in [0.5, 0.6) is 5.75 Å². The van der Waals surface area contributed by atoms with Crippen LogP contribution in [0.3, 0.4) is 0 Å². The van der Waals surface area contributed by atoms with Crippen LogP contribution in [-0.4, -0.2) is 31.0 Å². The second kappa shape index (κ2) is 7.48. The summed E-state index contributed by atoms with van der Waals surface area (Å²) in [6, 6.07) is 15.8. The smallest absolute Gasteiger partial charge is 0.253 e. The average Bonchev–Trinajstić information content (AvgIpc) is 2.56. The van der Waals surface area contributed by atoms with Gasteiger partial charge in [-0.1, -0.05) is 23.7 Å². The minimum absolute atomic E-state index is 0.118. The molecule has 0 aromatic heterocycles. The molecule has 0 aliphatic carbocycles. The molecule has 0 bridgehead atoms. The number of rotatable bonds is 5. The summed E-state index contributed by atoms with van der Waals surface area (Å²) in [7, 11) is 1.70. The van der Waals surface area contributed by atoms with Gasteiger partial charge in [0.25, 0.3) is 5.91 Å². The molecule has 2 aromatic carbocycles. The summed E-state index contributed by atoms with van der Waals surface area (Å²) in [6.07, 6.45) is 0. The van der Waals surface area contributed by atoms with Crippen molar-refractivity contribution in [3.63, 3.8) is 0 Å². The highest BCUT2D eigenvalue weighted by atomic mass is 35.5. The van der Waals surface area contributed by atoms with Crippen molar-refractivity contribution >= 4 is 17.5 Å². The molecule has 0 aliphatic heterocycles. The number of likely N-dealkylation sites (N-methyl/N-ethyl adjacent to an activating group) is 1. The third-order valence-corrected chi connectivity index (χ3v) is 3.44. The molecule has 0 radical (unpaired) electrons. The van der Waals surface area contributed by atoms with Gasteiger partial charge in [0.15, 0.2) is 0 Å². The molecule has 0 heterocycles. The molecule has 0 saturated carbocycles. The van der Waals surface area contributed by atoms with Gasteiger partial charge in [-0.15, -0.1) is 0 Å². The Morgan fingerprint density at radius 2 is 1.91 bits per heavy atom. The minimum atomic E-state index is -0.118. The first-order valence-corrected chi connectivity index (χ1v) is 7.12. The number of hydrogen-bond acceptors (Lipinski definition) is 3. The predicted molar refractivity (Wildman–Crippen MR) is 85.1 cm³/mol. The van der Waals surface area contributed by atoms with E-state index >= 15 is 0 Å². The summed E-state index contributed by atoms with van der Waals surface area (Å²) in [4.78, 5) is 13.8. The van der Waals surface area contributed by atoms with Crippen molar-refractivity contribution in [1.82, 2.24) is 4.90 Å². The molecule has 112 valence electrons. The van der Waals surface area contributed by atoms with Crippen molar-refractivity contribution in [3.05, 3.63) is 64.7 Å². The Kier molecular flexibility index (Phi) is 5.40. The van der Waals surface area contributed by atoms with Crippen LogP contribution in [0.15, 0.2) is 48.5 Å². The standard InChI is InChI=1S/C17H15ClN2O2/c1-20(10-11-22-16-5-3-2-4-15(16)18)17(21)14-8-6-13(12-19)7-9-14/h2-9H,10-11H2,1H3. The number of carbonyl (C=O) groups excluding carboxylic acids is 1. The van der Waals surface area contributed by atoms with Gasteiger partial charge >= 0.3 is 0 Å². The van der Waals surface area contributed by atoms with Crippen molar-refractivity contribution in [2.45, 2.75) is 0 Å². The van der Waals surface area contributed by atoms with Crippen molar-refractivity contribution in [2.75, 3.05) is 20.2 Å². The summed E-state index contributed by atoms with van der Waals surface area (Å²) in [6.45, 7) is 0.784. The van der Waals surface area contributed by atoms with Gasteiger partial charge < -0.3 is 9.64 Å². The van der Waals surface area contributed by atoms with Gasteiger partial charge in [0.1, 0.15) is 12.4 Å². The highest BCUT2D eigenvalue weighted by Crippen LogP contribution is 2.22. The predicted octanol–water partition coefficient (Wildman–Crippen LogP) is 3.36. The maximum absolute atomic E-state index is 12.2. The van der Waals surface area contributed by atoms with Crippen LogP contribution in [0.25, 0.3) is 0 Å². The minimum Gasteiger partial charge on any atom is -0.490 e. The fourth-order valence-electron chi connectivity index (χ4n) is 1.86. The van der Waals surface area contributed by atoms with Crippen LogP contribution in [0.4, 0.5) is 0 Å². The number of halogens is 1. The molecule has 0 N–H and O–H groups in total. The van der Waals surface area contributed by atoms with E-state index in [0.717, 1.165) is 0 Å². The zero-order valence-electron chi connectivity index (χ0n) is 12.1. The third kappa shape index (κ3) is 4.00. The van der Waals surface area contributed by atoms with Gasteiger partial charge in [0.05, 0.1) is 23.2 Å². The Hall–Kier alpha value is -2.51. The number of amides is 1. The Balaban J connectivity index is 1.89. The fourth-order valence-corrected chi connectivity index (χ4v) is 2.05. The number of nitriles is 1. The number of ether oxygens (including phenoxy) is 1. The Morgan fingerprint density at radius 3 is 2.55 bits per heavy atom. The van der Waals surface area contributed by atoms with E-state index in [-0.39, 0.29) is 5.91 Å². The quantitative estimate of drug-likeness (QED) is 0.850. The summed E-state index contributed by atoms with van der Waals surface area (Å²) >= 11 is 5.99. The van der Waals surface area contributed by atoms with Gasteiger partial charge in [-0.2, -0.15) is 5.26 Å². The van der Waals surface area contributed by atoms with Crippen LogP contribution in [0.2, 0.25) is 5.02 Å². The van der Waals surface area contributed by atoms with Gasteiger partial charge in [-0.3, -0.25) is 4.79 Å². The molecule has 0 atom stereocenters. The van der Waals surface area contributed by atoms with E-state index in [1.54, 1.807) is 48.3 Å². The van der Waals surface area contributed by atoms with E-state index in [1.807, 2.05) is 18.2 Å². The highest BCUT2D eigenvalue weighted by molar-refractivity contribution is 6.32. The lowest BCUT2D eigenvalue weighted by atomic mass is 10.1. The van der Waals surface area contributed by atoms with E-state index in [9.17, 15) is 4.79 Å². The number of benzene rings is 2. The van der Waals surface area contributed by atoms with Crippen molar-refractivity contribution in [3.8, 4) is 11.8 Å². The number of para-hydroxylation sites is 1. The maximum Gasteiger partial charge on any atom is 0.253 e. The summed E-state index contributed by atoms with van der Waals surface area (Å²) in [5.74, 6) is 0.482. The third-order valence-electron chi connectivity index (χ3n) is 3.13. The lowest BCUT2D eigenvalue weighted by molar-refractivity contribution is 0.0774. The largest absolute Gasteiger partial charge is 0.490 e. The van der Waals surface area contributed by atoms with E-state index in [0.29, 0.717) is 35.1 Å². The first-order valence-electron chi connectivity index (χ1n) is 6.75.